The molecular weight excluding hydrogens is 366 g/mol. The molecule has 7 heteroatoms. The molecule has 0 saturated carbocycles. The number of aliphatic carboxylic acids is 1. The van der Waals surface area contributed by atoms with Gasteiger partial charge in [-0.05, 0) is 43.0 Å². The maximum absolute atomic E-state index is 12.8. The monoisotopic (exact) mass is 395 g/mol. The van der Waals surface area contributed by atoms with Crippen LogP contribution < -0.4 is 5.32 Å². The van der Waals surface area contributed by atoms with Crippen LogP contribution in [0.3, 0.4) is 0 Å². The first kappa shape index (κ1) is 21.5. The highest BCUT2D eigenvalue weighted by molar-refractivity contribution is 6.30. The summed E-state index contributed by atoms with van der Waals surface area (Å²) in [5.41, 5.74) is 1.04. The lowest BCUT2D eigenvalue weighted by molar-refractivity contribution is -0.139. The molecular formula is C20H30ClN3O3. The second-order valence-corrected chi connectivity index (χ2v) is 7.83. The summed E-state index contributed by atoms with van der Waals surface area (Å²) < 4.78 is 0. The van der Waals surface area contributed by atoms with E-state index in [9.17, 15) is 9.59 Å². The molecule has 27 heavy (non-hydrogen) atoms. The van der Waals surface area contributed by atoms with Gasteiger partial charge >= 0.3 is 12.0 Å². The Labute approximate surface area is 166 Å². The van der Waals surface area contributed by atoms with E-state index in [2.05, 4.69) is 19.2 Å². The van der Waals surface area contributed by atoms with E-state index in [4.69, 9.17) is 16.7 Å². The van der Waals surface area contributed by atoms with Crippen molar-refractivity contribution in [3.05, 3.63) is 34.9 Å². The second-order valence-electron chi connectivity index (χ2n) is 7.40. The third kappa shape index (κ3) is 6.11. The number of piperidine rings is 1. The molecule has 1 fully saturated rings. The minimum Gasteiger partial charge on any atom is -0.480 e. The number of benzene rings is 1. The maximum Gasteiger partial charge on any atom is 0.317 e. The average molecular weight is 396 g/mol. The summed E-state index contributed by atoms with van der Waals surface area (Å²) in [5.74, 6) is -0.557. The van der Waals surface area contributed by atoms with Crippen LogP contribution in [-0.4, -0.2) is 59.1 Å². The van der Waals surface area contributed by atoms with Crippen molar-refractivity contribution in [2.24, 2.45) is 5.92 Å². The lowest BCUT2D eigenvalue weighted by Gasteiger charge is -2.38. The number of nitrogens with one attached hydrogen (secondary N) is 1. The van der Waals surface area contributed by atoms with Gasteiger partial charge in [-0.15, -0.1) is 0 Å². The fourth-order valence-electron chi connectivity index (χ4n) is 3.64. The molecule has 2 N–H and O–H groups in total. The third-order valence-corrected chi connectivity index (χ3v) is 5.44. The highest BCUT2D eigenvalue weighted by atomic mass is 35.5. The molecule has 0 radical (unpaired) electrons. The predicted octanol–water partition coefficient (Wildman–Crippen LogP) is 3.62. The summed E-state index contributed by atoms with van der Waals surface area (Å²) in [5, 5.41) is 12.9. The first-order valence-corrected chi connectivity index (χ1v) is 9.96. The van der Waals surface area contributed by atoms with Gasteiger partial charge < -0.3 is 15.3 Å². The largest absolute Gasteiger partial charge is 0.480 e. The number of carbonyl (C=O) groups excluding carboxylic acids is 1. The molecule has 1 aliphatic heterocycles. The Morgan fingerprint density at radius 3 is 2.33 bits per heavy atom. The number of carbonyl (C=O) groups is 2. The van der Waals surface area contributed by atoms with Crippen LogP contribution in [0, 0.1) is 5.92 Å². The number of carboxylic acid groups (broad SMARTS) is 1. The molecule has 1 aliphatic rings. The van der Waals surface area contributed by atoms with Crippen molar-refractivity contribution < 1.29 is 14.7 Å². The van der Waals surface area contributed by atoms with Crippen molar-refractivity contribution in [3.63, 3.8) is 0 Å². The molecule has 0 bridgehead atoms. The summed E-state index contributed by atoms with van der Waals surface area (Å²) in [6.07, 6.45) is 1.59. The van der Waals surface area contributed by atoms with E-state index in [1.165, 1.54) is 0 Å². The quantitative estimate of drug-likeness (QED) is 0.739. The molecule has 1 saturated heterocycles. The Morgan fingerprint density at radius 1 is 1.26 bits per heavy atom. The minimum absolute atomic E-state index is 0.0549. The van der Waals surface area contributed by atoms with Gasteiger partial charge in [-0.2, -0.15) is 0 Å². The Balaban J connectivity index is 1.94. The molecule has 0 aliphatic carbocycles. The average Bonchev–Trinajstić information content (AvgIpc) is 2.64. The molecule has 0 aromatic heterocycles. The smallest absolute Gasteiger partial charge is 0.317 e. The summed E-state index contributed by atoms with van der Waals surface area (Å²) in [6.45, 7) is 8.17. The zero-order chi connectivity index (χ0) is 20.0. The number of urea groups is 1. The number of amides is 2. The number of likely N-dealkylation sites (tertiary alicyclic amines) is 1. The molecule has 1 aromatic carbocycles. The molecule has 2 amide bonds. The molecule has 150 valence electrons. The van der Waals surface area contributed by atoms with Crippen molar-refractivity contribution in [2.75, 3.05) is 26.2 Å². The molecule has 2 rings (SSSR count). The second kappa shape index (κ2) is 9.95. The number of hydrogen-bond donors (Lipinski definition) is 2. The molecule has 1 heterocycles. The van der Waals surface area contributed by atoms with Crippen LogP contribution in [0.2, 0.25) is 5.02 Å². The van der Waals surface area contributed by atoms with E-state index < -0.39 is 5.97 Å². The Bertz CT molecular complexity index is 628. The Hall–Kier alpha value is -1.79. The van der Waals surface area contributed by atoms with E-state index in [0.717, 1.165) is 18.4 Å². The van der Waals surface area contributed by atoms with Gasteiger partial charge in [-0.1, -0.05) is 44.5 Å². The van der Waals surface area contributed by atoms with Gasteiger partial charge in [0.1, 0.15) is 0 Å². The fourth-order valence-corrected chi connectivity index (χ4v) is 3.76. The van der Waals surface area contributed by atoms with Gasteiger partial charge in [0.05, 0.1) is 12.6 Å². The Morgan fingerprint density at radius 2 is 1.85 bits per heavy atom. The first-order valence-electron chi connectivity index (χ1n) is 9.58. The number of rotatable bonds is 7. The third-order valence-electron chi connectivity index (χ3n) is 5.19. The minimum atomic E-state index is -0.806. The van der Waals surface area contributed by atoms with Gasteiger partial charge in [0.2, 0.25) is 0 Å². The molecule has 1 atom stereocenters. The zero-order valence-electron chi connectivity index (χ0n) is 16.3. The van der Waals surface area contributed by atoms with Crippen LogP contribution >= 0.6 is 11.6 Å². The van der Waals surface area contributed by atoms with Crippen LogP contribution in [-0.2, 0) is 4.79 Å². The van der Waals surface area contributed by atoms with Gasteiger partial charge in [0.25, 0.3) is 0 Å². The normalized spacial score (nSPS) is 16.6. The van der Waals surface area contributed by atoms with E-state index in [0.29, 0.717) is 24.7 Å². The van der Waals surface area contributed by atoms with Gasteiger partial charge in [0.15, 0.2) is 0 Å². The number of hydrogen-bond acceptors (Lipinski definition) is 3. The number of nitrogens with zero attached hydrogens (tertiary/aromatic N) is 2. The van der Waals surface area contributed by atoms with Crippen LogP contribution in [0.15, 0.2) is 24.3 Å². The first-order chi connectivity index (χ1) is 12.8. The highest BCUT2D eigenvalue weighted by Crippen LogP contribution is 2.24. The summed E-state index contributed by atoms with van der Waals surface area (Å²) in [7, 11) is 0. The van der Waals surface area contributed by atoms with E-state index in [1.54, 1.807) is 0 Å². The van der Waals surface area contributed by atoms with Crippen LogP contribution in [0.25, 0.3) is 0 Å². The SMILES string of the molecule is CCN(CC(=O)O)C1CCN(C(=O)NC(c2ccc(Cl)cc2)C(C)C)CC1. The summed E-state index contributed by atoms with van der Waals surface area (Å²) in [6, 6.07) is 7.65. The van der Waals surface area contributed by atoms with Gasteiger partial charge in [-0.3, -0.25) is 9.69 Å². The molecule has 6 nitrogen and oxygen atoms in total. The topological polar surface area (TPSA) is 72.9 Å². The summed E-state index contributed by atoms with van der Waals surface area (Å²) in [4.78, 5) is 27.6. The van der Waals surface area contributed by atoms with Crippen molar-refractivity contribution in [1.82, 2.24) is 15.1 Å². The van der Waals surface area contributed by atoms with Crippen molar-refractivity contribution >= 4 is 23.6 Å². The molecule has 1 aromatic rings. The summed E-state index contributed by atoms with van der Waals surface area (Å²) >= 11 is 5.97. The van der Waals surface area contributed by atoms with Gasteiger partial charge in [-0.25, -0.2) is 4.79 Å². The Kier molecular flexibility index (Phi) is 7.92. The highest BCUT2D eigenvalue weighted by Gasteiger charge is 2.28. The van der Waals surface area contributed by atoms with Crippen LogP contribution in [0.1, 0.15) is 45.2 Å². The molecule has 1 unspecified atom stereocenters. The van der Waals surface area contributed by atoms with Crippen molar-refractivity contribution in [1.29, 1.82) is 0 Å². The number of carboxylic acids is 1. The van der Waals surface area contributed by atoms with Crippen molar-refractivity contribution in [3.8, 4) is 0 Å². The maximum atomic E-state index is 12.8. The standard InChI is InChI=1S/C20H30ClN3O3/c1-4-23(13-18(25)26)17-9-11-24(12-10-17)20(27)22-19(14(2)3)15-5-7-16(21)8-6-15/h5-8,14,17,19H,4,9-13H2,1-3H3,(H,22,27)(H,25,26). The lowest BCUT2D eigenvalue weighted by Crippen LogP contribution is -2.51. The number of halogens is 1. The van der Waals surface area contributed by atoms with Gasteiger partial charge in [0, 0.05) is 24.2 Å². The fraction of sp³-hybridized carbons (Fsp3) is 0.600. The van der Waals surface area contributed by atoms with Crippen molar-refractivity contribution in [2.45, 2.75) is 45.7 Å². The number of likely N-dealkylation sites (N-methyl/N-ethyl adjacent to an activating group) is 1. The zero-order valence-corrected chi connectivity index (χ0v) is 17.1. The van der Waals surface area contributed by atoms with E-state index in [-0.39, 0.29) is 30.6 Å². The van der Waals surface area contributed by atoms with E-state index >= 15 is 0 Å². The van der Waals surface area contributed by atoms with Crippen LogP contribution in [0.4, 0.5) is 4.79 Å². The predicted molar refractivity (Wildman–Crippen MR) is 107 cm³/mol. The van der Waals surface area contributed by atoms with E-state index in [1.807, 2.05) is 41.0 Å². The molecule has 0 spiro atoms. The van der Waals surface area contributed by atoms with Crippen LogP contribution in [0.5, 0.6) is 0 Å². The lowest BCUT2D eigenvalue weighted by atomic mass is 9.96.